The van der Waals surface area contributed by atoms with Gasteiger partial charge in [-0.3, -0.25) is 0 Å². The normalized spacial score (nSPS) is 19.6. The first-order chi connectivity index (χ1) is 9.54. The first-order valence-corrected chi connectivity index (χ1v) is 10.4. The third-order valence-electron chi connectivity index (χ3n) is 3.22. The van der Waals surface area contributed by atoms with Gasteiger partial charge >= 0.3 is 0 Å². The van der Waals surface area contributed by atoms with Crippen molar-refractivity contribution >= 4 is 33.1 Å². The van der Waals surface area contributed by atoms with E-state index in [0.29, 0.717) is 11.4 Å². The molecule has 0 amide bonds. The summed E-state index contributed by atoms with van der Waals surface area (Å²) in [6.45, 7) is 5.51. The molecule has 0 bridgehead atoms. The van der Waals surface area contributed by atoms with Crippen molar-refractivity contribution in [2.45, 2.75) is 44.2 Å². The van der Waals surface area contributed by atoms with Crippen molar-refractivity contribution in [3.8, 4) is 0 Å². The van der Waals surface area contributed by atoms with E-state index in [4.69, 9.17) is 0 Å². The number of hydrogen-bond acceptors (Lipinski definition) is 5. The average molecular weight is 335 g/mol. The summed E-state index contributed by atoms with van der Waals surface area (Å²) in [4.78, 5) is 1.40. The smallest absolute Gasteiger partial charge is 0.242 e. The molecule has 1 aromatic rings. The van der Waals surface area contributed by atoms with E-state index >= 15 is 0 Å². The van der Waals surface area contributed by atoms with Crippen molar-refractivity contribution < 1.29 is 8.42 Å². The first-order valence-electron chi connectivity index (χ1n) is 6.92. The summed E-state index contributed by atoms with van der Waals surface area (Å²) in [5.74, 6) is 1.92. The molecule has 0 radical (unpaired) electrons. The number of thiophene rings is 1. The van der Waals surface area contributed by atoms with E-state index in [9.17, 15) is 8.42 Å². The summed E-state index contributed by atoms with van der Waals surface area (Å²) in [7, 11) is -3.39. The Morgan fingerprint density at radius 3 is 2.90 bits per heavy atom. The molecule has 2 rings (SSSR count). The molecule has 2 N–H and O–H groups in total. The zero-order valence-electron chi connectivity index (χ0n) is 11.9. The Balaban J connectivity index is 2.14. The van der Waals surface area contributed by atoms with Crippen LogP contribution in [0.25, 0.3) is 0 Å². The maximum atomic E-state index is 12.6. The number of hydrogen-bond donors (Lipinski definition) is 2. The molecule has 7 heteroatoms. The Morgan fingerprint density at radius 1 is 1.45 bits per heavy atom. The molecule has 1 atom stereocenters. The highest BCUT2D eigenvalue weighted by Gasteiger charge is 2.27. The van der Waals surface area contributed by atoms with Crippen LogP contribution < -0.4 is 10.0 Å². The maximum Gasteiger partial charge on any atom is 0.242 e. The molecule has 1 unspecified atom stereocenters. The van der Waals surface area contributed by atoms with Crippen molar-refractivity contribution in [3.05, 3.63) is 15.8 Å². The summed E-state index contributed by atoms with van der Waals surface area (Å²) in [5, 5.41) is 5.22. The van der Waals surface area contributed by atoms with Gasteiger partial charge in [0.15, 0.2) is 0 Å². The van der Waals surface area contributed by atoms with Gasteiger partial charge in [0.05, 0.1) is 0 Å². The van der Waals surface area contributed by atoms with Gasteiger partial charge in [0.1, 0.15) is 4.90 Å². The Morgan fingerprint density at radius 2 is 2.25 bits per heavy atom. The van der Waals surface area contributed by atoms with E-state index in [1.54, 1.807) is 0 Å². The van der Waals surface area contributed by atoms with Crippen LogP contribution >= 0.6 is 23.1 Å². The molecule has 0 spiro atoms. The number of sulfonamides is 1. The Hall–Kier alpha value is -0.0800. The van der Waals surface area contributed by atoms with E-state index in [-0.39, 0.29) is 6.04 Å². The summed E-state index contributed by atoms with van der Waals surface area (Å²) < 4.78 is 28.0. The number of aryl methyl sites for hydroxylation is 1. The van der Waals surface area contributed by atoms with Crippen molar-refractivity contribution in [1.29, 1.82) is 0 Å². The summed E-state index contributed by atoms with van der Waals surface area (Å²) in [6, 6.07) is 0.0840. The van der Waals surface area contributed by atoms with Gasteiger partial charge in [-0.2, -0.15) is 11.8 Å². The Bertz CT molecular complexity index is 534. The second-order valence-electron chi connectivity index (χ2n) is 5.03. The molecule has 1 saturated heterocycles. The minimum atomic E-state index is -3.39. The molecule has 4 nitrogen and oxygen atoms in total. The fraction of sp³-hybridized carbons (Fsp3) is 0.692. The third kappa shape index (κ3) is 3.98. The number of thioether (sulfide) groups is 1. The van der Waals surface area contributed by atoms with Crippen molar-refractivity contribution in [1.82, 2.24) is 10.0 Å². The van der Waals surface area contributed by atoms with Crippen LogP contribution in [0.2, 0.25) is 0 Å². The van der Waals surface area contributed by atoms with Crippen LogP contribution in [0.4, 0.5) is 0 Å². The first kappa shape index (κ1) is 16.3. The fourth-order valence-electron chi connectivity index (χ4n) is 2.25. The molecule has 114 valence electrons. The highest BCUT2D eigenvalue weighted by atomic mass is 32.2. The summed E-state index contributed by atoms with van der Waals surface area (Å²) >= 11 is 3.33. The molecule has 20 heavy (non-hydrogen) atoms. The SMILES string of the molecule is CCCNCc1scc(C)c1S(=O)(=O)NC1CCSC1. The van der Waals surface area contributed by atoms with E-state index in [2.05, 4.69) is 17.0 Å². The predicted octanol–water partition coefficient (Wildman–Crippen LogP) is 2.34. The molecule has 0 aromatic carbocycles. The average Bonchev–Trinajstić information content (AvgIpc) is 2.99. The third-order valence-corrected chi connectivity index (χ3v) is 7.37. The summed E-state index contributed by atoms with van der Waals surface area (Å²) in [6.07, 6.45) is 1.97. The van der Waals surface area contributed by atoms with Crippen molar-refractivity contribution in [3.63, 3.8) is 0 Å². The van der Waals surface area contributed by atoms with Crippen molar-refractivity contribution in [2.75, 3.05) is 18.1 Å². The molecular formula is C13H22N2O2S3. The second kappa shape index (κ2) is 7.26. The van der Waals surface area contributed by atoms with Gasteiger partial charge in [0, 0.05) is 23.2 Å². The van der Waals surface area contributed by atoms with E-state index in [0.717, 1.165) is 41.3 Å². The largest absolute Gasteiger partial charge is 0.312 e. The van der Waals surface area contributed by atoms with Crippen LogP contribution in [-0.4, -0.2) is 32.5 Å². The zero-order valence-corrected chi connectivity index (χ0v) is 14.4. The summed E-state index contributed by atoms with van der Waals surface area (Å²) in [5.41, 5.74) is 0.849. The fourth-order valence-corrected chi connectivity index (χ4v) is 6.56. The molecule has 1 aromatic heterocycles. The minimum Gasteiger partial charge on any atom is -0.312 e. The lowest BCUT2D eigenvalue weighted by Crippen LogP contribution is -2.35. The lowest BCUT2D eigenvalue weighted by Gasteiger charge is -2.13. The van der Waals surface area contributed by atoms with E-state index in [1.165, 1.54) is 11.3 Å². The number of rotatable bonds is 7. The highest BCUT2D eigenvalue weighted by molar-refractivity contribution is 7.99. The van der Waals surface area contributed by atoms with Crippen LogP contribution in [0.3, 0.4) is 0 Å². The topological polar surface area (TPSA) is 58.2 Å². The van der Waals surface area contributed by atoms with Crippen LogP contribution in [0.5, 0.6) is 0 Å². The molecule has 0 saturated carbocycles. The lowest BCUT2D eigenvalue weighted by atomic mass is 10.3. The standard InChI is InChI=1S/C13H22N2O2S3/c1-3-5-14-7-12-13(10(2)8-19-12)20(16,17)15-11-4-6-18-9-11/h8,11,14-15H,3-7,9H2,1-2H3. The van der Waals surface area contributed by atoms with Crippen LogP contribution in [0.15, 0.2) is 10.3 Å². The van der Waals surface area contributed by atoms with Gasteiger partial charge in [-0.05, 0) is 43.0 Å². The maximum absolute atomic E-state index is 12.6. The van der Waals surface area contributed by atoms with Crippen LogP contribution in [0, 0.1) is 6.92 Å². The second-order valence-corrected chi connectivity index (χ2v) is 8.79. The molecule has 1 aliphatic rings. The van der Waals surface area contributed by atoms with E-state index in [1.807, 2.05) is 24.1 Å². The van der Waals surface area contributed by atoms with Gasteiger partial charge in [0.2, 0.25) is 10.0 Å². The van der Waals surface area contributed by atoms with Gasteiger partial charge in [-0.15, -0.1) is 11.3 Å². The predicted molar refractivity (Wildman–Crippen MR) is 87.1 cm³/mol. The lowest BCUT2D eigenvalue weighted by molar-refractivity contribution is 0.561. The Labute approximate surface area is 129 Å². The van der Waals surface area contributed by atoms with E-state index < -0.39 is 10.0 Å². The van der Waals surface area contributed by atoms with Gasteiger partial charge in [-0.1, -0.05) is 6.92 Å². The molecule has 0 aliphatic carbocycles. The minimum absolute atomic E-state index is 0.0840. The molecular weight excluding hydrogens is 312 g/mol. The van der Waals surface area contributed by atoms with Gasteiger partial charge in [0.25, 0.3) is 0 Å². The highest BCUT2D eigenvalue weighted by Crippen LogP contribution is 2.28. The monoisotopic (exact) mass is 334 g/mol. The van der Waals surface area contributed by atoms with Crippen LogP contribution in [-0.2, 0) is 16.6 Å². The quantitative estimate of drug-likeness (QED) is 0.752. The molecule has 1 aliphatic heterocycles. The number of nitrogens with one attached hydrogen (secondary N) is 2. The molecule has 2 heterocycles. The molecule has 1 fully saturated rings. The van der Waals surface area contributed by atoms with Crippen LogP contribution in [0.1, 0.15) is 30.2 Å². The van der Waals surface area contributed by atoms with Gasteiger partial charge in [-0.25, -0.2) is 13.1 Å². The Kier molecular flexibility index (Phi) is 5.92. The zero-order chi connectivity index (χ0) is 14.6. The van der Waals surface area contributed by atoms with Gasteiger partial charge < -0.3 is 5.32 Å². The van der Waals surface area contributed by atoms with Crippen molar-refractivity contribution in [2.24, 2.45) is 0 Å².